The molecule has 1 heterocycles. The number of methoxy groups -OCH3 is 2. The Kier molecular flexibility index (Phi) is 4.39. The maximum absolute atomic E-state index is 11.7. The number of aliphatic hydroxyl groups excluding tert-OH is 1. The first-order valence-electron chi connectivity index (χ1n) is 6.27. The van der Waals surface area contributed by atoms with Crippen molar-refractivity contribution < 1.29 is 19.4 Å². The average Bonchev–Trinajstić information content (AvgIpc) is 2.79. The van der Waals surface area contributed by atoms with E-state index in [1.54, 1.807) is 7.11 Å². The molecule has 1 aliphatic rings. The number of hydrogen-bond acceptors (Lipinski definition) is 5. The Morgan fingerprint density at radius 1 is 1.37 bits per heavy atom. The molecule has 0 bridgehead atoms. The number of ether oxygens (including phenoxy) is 2. The summed E-state index contributed by atoms with van der Waals surface area (Å²) in [5, 5.41) is 9.71. The van der Waals surface area contributed by atoms with E-state index in [0.717, 1.165) is 11.3 Å². The van der Waals surface area contributed by atoms with Crippen molar-refractivity contribution in [3.05, 3.63) is 29.8 Å². The zero-order chi connectivity index (χ0) is 13.8. The zero-order valence-corrected chi connectivity index (χ0v) is 11.2. The maximum Gasteiger partial charge on any atom is 0.323 e. The van der Waals surface area contributed by atoms with Gasteiger partial charge in [0.2, 0.25) is 0 Å². The Labute approximate surface area is 112 Å². The molecule has 0 aliphatic carbocycles. The van der Waals surface area contributed by atoms with Gasteiger partial charge in [0, 0.05) is 19.5 Å². The third-order valence-corrected chi connectivity index (χ3v) is 3.40. The third kappa shape index (κ3) is 3.24. The quantitative estimate of drug-likeness (QED) is 0.816. The largest absolute Gasteiger partial charge is 0.497 e. The number of benzene rings is 1. The lowest BCUT2D eigenvalue weighted by molar-refractivity contribution is -0.146. The zero-order valence-electron chi connectivity index (χ0n) is 11.2. The minimum atomic E-state index is -0.470. The number of rotatable bonds is 4. The first-order valence-corrected chi connectivity index (χ1v) is 6.27. The van der Waals surface area contributed by atoms with Gasteiger partial charge in [-0.25, -0.2) is 0 Å². The van der Waals surface area contributed by atoms with Crippen LogP contribution in [0.3, 0.4) is 0 Å². The Morgan fingerprint density at radius 2 is 2.05 bits per heavy atom. The monoisotopic (exact) mass is 265 g/mol. The Bertz CT molecular complexity index is 432. The topological polar surface area (TPSA) is 59.0 Å². The molecule has 1 aliphatic heterocycles. The van der Waals surface area contributed by atoms with E-state index in [4.69, 9.17) is 9.47 Å². The van der Waals surface area contributed by atoms with Gasteiger partial charge in [-0.05, 0) is 17.7 Å². The molecule has 104 valence electrons. The van der Waals surface area contributed by atoms with Crippen molar-refractivity contribution in [1.82, 2.24) is 4.90 Å². The molecule has 1 aromatic carbocycles. The van der Waals surface area contributed by atoms with Gasteiger partial charge in [0.05, 0.1) is 20.3 Å². The first kappa shape index (κ1) is 13.8. The van der Waals surface area contributed by atoms with Gasteiger partial charge in [-0.2, -0.15) is 0 Å². The van der Waals surface area contributed by atoms with Crippen LogP contribution >= 0.6 is 0 Å². The molecule has 5 heteroatoms. The van der Waals surface area contributed by atoms with Gasteiger partial charge in [-0.3, -0.25) is 9.69 Å². The molecule has 0 amide bonds. The van der Waals surface area contributed by atoms with Crippen molar-refractivity contribution in [2.24, 2.45) is 0 Å². The van der Waals surface area contributed by atoms with Crippen LogP contribution in [0.25, 0.3) is 0 Å². The van der Waals surface area contributed by atoms with Crippen LogP contribution in [0, 0.1) is 0 Å². The number of carbonyl (C=O) groups excluding carboxylic acids is 1. The van der Waals surface area contributed by atoms with Crippen molar-refractivity contribution in [2.75, 3.05) is 20.8 Å². The summed E-state index contributed by atoms with van der Waals surface area (Å²) in [5.41, 5.74) is 1.07. The highest BCUT2D eigenvalue weighted by Crippen LogP contribution is 2.22. The summed E-state index contributed by atoms with van der Waals surface area (Å²) in [6.45, 7) is 1.10. The van der Waals surface area contributed by atoms with Crippen LogP contribution in [0.2, 0.25) is 0 Å². The molecule has 1 saturated heterocycles. The van der Waals surface area contributed by atoms with E-state index in [0.29, 0.717) is 19.5 Å². The minimum Gasteiger partial charge on any atom is -0.497 e. The van der Waals surface area contributed by atoms with Crippen molar-refractivity contribution in [1.29, 1.82) is 0 Å². The lowest BCUT2D eigenvalue weighted by atomic mass is 10.1. The van der Waals surface area contributed by atoms with E-state index in [1.165, 1.54) is 7.11 Å². The Hall–Kier alpha value is -1.59. The van der Waals surface area contributed by atoms with Gasteiger partial charge < -0.3 is 14.6 Å². The van der Waals surface area contributed by atoms with Crippen LogP contribution in [0.1, 0.15) is 12.0 Å². The van der Waals surface area contributed by atoms with Gasteiger partial charge in [-0.15, -0.1) is 0 Å². The van der Waals surface area contributed by atoms with E-state index in [2.05, 4.69) is 0 Å². The summed E-state index contributed by atoms with van der Waals surface area (Å²) in [5.74, 6) is 0.514. The van der Waals surface area contributed by atoms with Gasteiger partial charge in [-0.1, -0.05) is 12.1 Å². The lowest BCUT2D eigenvalue weighted by Crippen LogP contribution is -2.36. The number of β-amino-alcohol motifs (C(OH)–C–C–N with tert-alkyl or cyclic N) is 1. The minimum absolute atomic E-state index is 0.287. The second kappa shape index (κ2) is 6.04. The van der Waals surface area contributed by atoms with Crippen LogP contribution in [-0.2, 0) is 16.1 Å². The van der Waals surface area contributed by atoms with Crippen LogP contribution in [0.4, 0.5) is 0 Å². The van der Waals surface area contributed by atoms with Crippen molar-refractivity contribution in [3.63, 3.8) is 0 Å². The number of nitrogens with zero attached hydrogens (tertiary/aromatic N) is 1. The molecular formula is C14H19NO4. The van der Waals surface area contributed by atoms with Gasteiger partial charge in [0.1, 0.15) is 11.8 Å². The fourth-order valence-electron chi connectivity index (χ4n) is 2.40. The molecule has 1 unspecified atom stereocenters. The van der Waals surface area contributed by atoms with E-state index < -0.39 is 6.10 Å². The van der Waals surface area contributed by atoms with Crippen LogP contribution in [0.5, 0.6) is 5.75 Å². The number of aliphatic hydroxyl groups is 1. The average molecular weight is 265 g/mol. The smallest absolute Gasteiger partial charge is 0.323 e. The number of likely N-dealkylation sites (tertiary alicyclic amines) is 1. The summed E-state index contributed by atoms with van der Waals surface area (Å²) in [4.78, 5) is 13.6. The van der Waals surface area contributed by atoms with Crippen LogP contribution < -0.4 is 4.74 Å². The Morgan fingerprint density at radius 3 is 2.63 bits per heavy atom. The lowest BCUT2D eigenvalue weighted by Gasteiger charge is -2.22. The highest BCUT2D eigenvalue weighted by atomic mass is 16.5. The maximum atomic E-state index is 11.7. The summed E-state index contributed by atoms with van der Waals surface area (Å²) < 4.78 is 9.88. The predicted octanol–water partition coefficient (Wildman–Crippen LogP) is 0.803. The normalized spacial score (nSPS) is 23.3. The SMILES string of the molecule is COC(=O)[C@H]1CC(O)CN1Cc1ccc(OC)cc1. The first-order chi connectivity index (χ1) is 9.13. The summed E-state index contributed by atoms with van der Waals surface area (Å²) >= 11 is 0. The summed E-state index contributed by atoms with van der Waals surface area (Å²) in [7, 11) is 3.00. The molecule has 0 spiro atoms. The van der Waals surface area contributed by atoms with Crippen molar-refractivity contribution in [3.8, 4) is 5.75 Å². The third-order valence-electron chi connectivity index (χ3n) is 3.40. The van der Waals surface area contributed by atoms with Gasteiger partial charge in [0.15, 0.2) is 0 Å². The fourth-order valence-corrected chi connectivity index (χ4v) is 2.40. The van der Waals surface area contributed by atoms with E-state index in [-0.39, 0.29) is 12.0 Å². The van der Waals surface area contributed by atoms with Crippen molar-refractivity contribution in [2.45, 2.75) is 25.1 Å². The number of carbonyl (C=O) groups is 1. The summed E-state index contributed by atoms with van der Waals surface area (Å²) in [6, 6.07) is 7.32. The highest BCUT2D eigenvalue weighted by Gasteiger charge is 2.36. The second-order valence-corrected chi connectivity index (χ2v) is 4.71. The number of esters is 1. The van der Waals surface area contributed by atoms with E-state index in [1.807, 2.05) is 29.2 Å². The van der Waals surface area contributed by atoms with Crippen LogP contribution in [0.15, 0.2) is 24.3 Å². The van der Waals surface area contributed by atoms with Gasteiger partial charge in [0.25, 0.3) is 0 Å². The van der Waals surface area contributed by atoms with Crippen LogP contribution in [-0.4, -0.2) is 48.9 Å². The Balaban J connectivity index is 2.05. The molecule has 1 aromatic rings. The molecule has 5 nitrogen and oxygen atoms in total. The van der Waals surface area contributed by atoms with Gasteiger partial charge >= 0.3 is 5.97 Å². The highest BCUT2D eigenvalue weighted by molar-refractivity contribution is 5.76. The van der Waals surface area contributed by atoms with E-state index >= 15 is 0 Å². The molecule has 0 radical (unpaired) electrons. The second-order valence-electron chi connectivity index (χ2n) is 4.71. The fraction of sp³-hybridized carbons (Fsp3) is 0.500. The molecule has 0 saturated carbocycles. The molecule has 2 rings (SSSR count). The molecule has 2 atom stereocenters. The van der Waals surface area contributed by atoms with Crippen molar-refractivity contribution >= 4 is 5.97 Å². The molecular weight excluding hydrogens is 246 g/mol. The molecule has 1 N–H and O–H groups in total. The molecule has 0 aromatic heterocycles. The molecule has 19 heavy (non-hydrogen) atoms. The predicted molar refractivity (Wildman–Crippen MR) is 69.8 cm³/mol. The summed E-state index contributed by atoms with van der Waals surface area (Å²) in [6.07, 6.45) is -0.0367. The van der Waals surface area contributed by atoms with E-state index in [9.17, 15) is 9.90 Å². The standard InChI is InChI=1S/C14H19NO4/c1-18-12-5-3-10(4-6-12)8-15-9-11(16)7-13(15)14(17)19-2/h3-6,11,13,16H,7-9H2,1-2H3/t11?,13-/m1/s1. The molecule has 1 fully saturated rings. The number of hydrogen-bond donors (Lipinski definition) is 1.